The molecule has 132 valence electrons. The van der Waals surface area contributed by atoms with E-state index in [2.05, 4.69) is 11.7 Å². The number of carbonyl (C=O) groups excluding carboxylic acids is 1. The summed E-state index contributed by atoms with van der Waals surface area (Å²) < 4.78 is 43.9. The summed E-state index contributed by atoms with van der Waals surface area (Å²) in [4.78, 5) is 11.7. The van der Waals surface area contributed by atoms with Crippen molar-refractivity contribution in [2.45, 2.75) is 116 Å². The van der Waals surface area contributed by atoms with Gasteiger partial charge in [-0.3, -0.25) is 4.79 Å². The average molecular weight is 318 g/mol. The maximum absolute atomic E-state index is 11.7. The highest BCUT2D eigenvalue weighted by molar-refractivity contribution is 5.69. The van der Waals surface area contributed by atoms with Crippen molar-refractivity contribution >= 4 is 5.97 Å². The molecular formula is C20H40O2. The van der Waals surface area contributed by atoms with Gasteiger partial charge < -0.3 is 4.74 Å². The van der Waals surface area contributed by atoms with Gasteiger partial charge in [0.25, 0.3) is 0 Å². The maximum Gasteiger partial charge on any atom is 0.305 e. The summed E-state index contributed by atoms with van der Waals surface area (Å²) in [5.74, 6) is -1.22. The van der Waals surface area contributed by atoms with E-state index in [0.29, 0.717) is 6.42 Å². The highest BCUT2D eigenvalue weighted by Gasteiger charge is 2.00. The van der Waals surface area contributed by atoms with Crippen LogP contribution in [0.3, 0.4) is 0 Å². The molecule has 0 radical (unpaired) electrons. The second kappa shape index (κ2) is 18.5. The molecule has 0 bridgehead atoms. The van der Waals surface area contributed by atoms with Crippen LogP contribution < -0.4 is 0 Å². The molecule has 0 aliphatic rings. The van der Waals surface area contributed by atoms with Gasteiger partial charge in [0.15, 0.2) is 0 Å². The Morgan fingerprint density at radius 2 is 1.23 bits per heavy atom. The summed E-state index contributed by atoms with van der Waals surface area (Å²) in [5, 5.41) is 0. The Bertz CT molecular complexity index is 389. The lowest BCUT2D eigenvalue weighted by molar-refractivity contribution is -0.143. The highest BCUT2D eigenvalue weighted by atomic mass is 16.5. The van der Waals surface area contributed by atoms with Crippen LogP contribution in [0.1, 0.15) is 123 Å². The summed E-state index contributed by atoms with van der Waals surface area (Å²) in [6.07, 6.45) is 7.92. The molecule has 0 N–H and O–H groups in total. The van der Waals surface area contributed by atoms with Gasteiger partial charge in [0.05, 0.1) is 6.61 Å². The zero-order chi connectivity index (χ0) is 20.8. The van der Waals surface area contributed by atoms with Gasteiger partial charge in [0.2, 0.25) is 0 Å². The van der Waals surface area contributed by atoms with Crippen molar-refractivity contribution in [3.05, 3.63) is 0 Å². The van der Waals surface area contributed by atoms with Gasteiger partial charge in [-0.25, -0.2) is 0 Å². The van der Waals surface area contributed by atoms with Crippen molar-refractivity contribution in [1.82, 2.24) is 0 Å². The van der Waals surface area contributed by atoms with Crippen LogP contribution in [0.5, 0.6) is 0 Å². The Morgan fingerprint density at radius 3 is 1.68 bits per heavy atom. The molecular weight excluding hydrogens is 272 g/mol. The van der Waals surface area contributed by atoms with Crippen LogP contribution in [0, 0.1) is 0 Å². The van der Waals surface area contributed by atoms with Crippen molar-refractivity contribution in [3.8, 4) is 0 Å². The van der Waals surface area contributed by atoms with Gasteiger partial charge in [0.1, 0.15) is 0 Å². The van der Waals surface area contributed by atoms with Gasteiger partial charge in [-0.1, -0.05) is 96.8 Å². The van der Waals surface area contributed by atoms with Crippen molar-refractivity contribution in [2.75, 3.05) is 6.61 Å². The number of ether oxygens (including phenoxy) is 1. The first-order valence-corrected chi connectivity index (χ1v) is 9.31. The number of rotatable bonds is 17. The van der Waals surface area contributed by atoms with Gasteiger partial charge in [-0.2, -0.15) is 0 Å². The molecule has 0 fully saturated rings. The Kier molecular flexibility index (Phi) is 11.7. The molecule has 0 rings (SSSR count). The summed E-state index contributed by atoms with van der Waals surface area (Å²) in [5.41, 5.74) is 0. The summed E-state index contributed by atoms with van der Waals surface area (Å²) in [6.45, 7) is 3.78. The Morgan fingerprint density at radius 1 is 0.773 bits per heavy atom. The van der Waals surface area contributed by atoms with E-state index < -0.39 is 25.1 Å². The Labute approximate surface area is 146 Å². The molecule has 0 amide bonds. The molecule has 0 aliphatic carbocycles. The first-order chi connectivity index (χ1) is 12.7. The molecule has 2 heteroatoms. The lowest BCUT2D eigenvalue weighted by atomic mass is 10.0. The average Bonchev–Trinajstić information content (AvgIpc) is 2.62. The third kappa shape index (κ3) is 17.5. The van der Waals surface area contributed by atoms with Crippen LogP contribution in [-0.2, 0) is 9.53 Å². The van der Waals surface area contributed by atoms with E-state index in [0.717, 1.165) is 19.3 Å². The third-order valence-corrected chi connectivity index (χ3v) is 3.75. The third-order valence-electron chi connectivity index (χ3n) is 3.75. The van der Waals surface area contributed by atoms with Crippen LogP contribution >= 0.6 is 0 Å². The molecule has 22 heavy (non-hydrogen) atoms. The van der Waals surface area contributed by atoms with Crippen LogP contribution in [0.4, 0.5) is 0 Å². The van der Waals surface area contributed by atoms with Crippen LogP contribution in [-0.4, -0.2) is 12.6 Å². The zero-order valence-electron chi connectivity index (χ0n) is 19.8. The van der Waals surface area contributed by atoms with E-state index in [1.807, 2.05) is 0 Å². The summed E-state index contributed by atoms with van der Waals surface area (Å²) >= 11 is 0. The van der Waals surface area contributed by atoms with Crippen LogP contribution in [0.2, 0.25) is 0 Å². The minimum atomic E-state index is -2.80. The molecule has 0 saturated heterocycles. The number of hydrogen-bond acceptors (Lipinski definition) is 2. The van der Waals surface area contributed by atoms with E-state index >= 15 is 0 Å². The molecule has 1 atom stereocenters. The lowest BCUT2D eigenvalue weighted by Crippen LogP contribution is -2.03. The number of hydrogen-bond donors (Lipinski definition) is 0. The molecule has 2 nitrogen and oxygen atoms in total. The molecule has 0 heterocycles. The zero-order valence-corrected chi connectivity index (χ0v) is 14.8. The van der Waals surface area contributed by atoms with Crippen molar-refractivity contribution < 1.29 is 16.4 Å². The van der Waals surface area contributed by atoms with E-state index in [4.69, 9.17) is 6.85 Å². The number of carbonyl (C=O) groups is 1. The second-order valence-corrected chi connectivity index (χ2v) is 5.87. The topological polar surface area (TPSA) is 26.3 Å². The standard InChI is InChI=1S/C20H40O2/c1-3-5-6-7-8-9-10-11-12-13-14-15-16-17-18-19-20(21)22-4-2/h3-19H2,1-2H3/i17D,18D2,19D2. The van der Waals surface area contributed by atoms with E-state index in [1.165, 1.54) is 51.4 Å². The maximum atomic E-state index is 11.7. The molecule has 0 saturated carbocycles. The fourth-order valence-electron chi connectivity index (χ4n) is 2.44. The van der Waals surface area contributed by atoms with Crippen molar-refractivity contribution in [2.24, 2.45) is 0 Å². The monoisotopic (exact) mass is 317 g/mol. The van der Waals surface area contributed by atoms with E-state index in [9.17, 15) is 4.79 Å². The molecule has 0 aromatic carbocycles. The molecule has 0 aromatic rings. The highest BCUT2D eigenvalue weighted by Crippen LogP contribution is 2.13. The molecule has 0 aromatic heterocycles. The molecule has 0 aliphatic heterocycles. The Balaban J connectivity index is 3.87. The fourth-order valence-corrected chi connectivity index (χ4v) is 2.44. The predicted octanol–water partition coefficient (Wildman–Crippen LogP) is 6.81. The van der Waals surface area contributed by atoms with Gasteiger partial charge >= 0.3 is 5.97 Å². The molecule has 1 unspecified atom stereocenters. The van der Waals surface area contributed by atoms with Crippen LogP contribution in [0.25, 0.3) is 0 Å². The van der Waals surface area contributed by atoms with Gasteiger partial charge in [-0.05, 0) is 13.3 Å². The van der Waals surface area contributed by atoms with Crippen LogP contribution in [0.15, 0.2) is 0 Å². The Hall–Kier alpha value is -0.530. The van der Waals surface area contributed by atoms with E-state index in [1.54, 1.807) is 6.92 Å². The molecule has 0 spiro atoms. The van der Waals surface area contributed by atoms with Gasteiger partial charge in [0, 0.05) is 13.2 Å². The largest absolute Gasteiger partial charge is 0.466 e. The first-order valence-electron chi connectivity index (χ1n) is 11.9. The second-order valence-electron chi connectivity index (χ2n) is 5.87. The summed E-state index contributed by atoms with van der Waals surface area (Å²) in [7, 11) is 0. The minimum absolute atomic E-state index is 0.00414. The normalized spacial score (nSPS) is 16.9. The fraction of sp³-hybridized carbons (Fsp3) is 0.950. The smallest absolute Gasteiger partial charge is 0.305 e. The lowest BCUT2D eigenvalue weighted by Gasteiger charge is -2.03. The number of unbranched alkanes of at least 4 members (excludes halogenated alkanes) is 11. The van der Waals surface area contributed by atoms with E-state index in [-0.39, 0.29) is 13.0 Å². The van der Waals surface area contributed by atoms with Crippen molar-refractivity contribution in [3.63, 3.8) is 0 Å². The SMILES string of the molecule is [2H]C(CCCCCCCCCCCCCC)C([2H])([2H])C([2H])([2H])C(=O)OCC. The minimum Gasteiger partial charge on any atom is -0.466 e. The summed E-state index contributed by atoms with van der Waals surface area (Å²) in [6, 6.07) is 0. The predicted molar refractivity (Wildman–Crippen MR) is 96.2 cm³/mol. The van der Waals surface area contributed by atoms with Crippen molar-refractivity contribution in [1.29, 1.82) is 0 Å². The first kappa shape index (κ1) is 13.9. The quantitative estimate of drug-likeness (QED) is 0.217. The number of esters is 1. The van der Waals surface area contributed by atoms with Gasteiger partial charge in [-0.15, -0.1) is 0 Å².